The molecular formula is C19H34. The standard InChI is InChI=1S/C19H34/c1-14-5-7-15(8-6-14)11-16-12-19(4)10-9-17(16)18(2,3)13-19/h14-17H,5-13H2,1-4H3. The molecule has 110 valence electrons. The molecule has 0 spiro atoms. The summed E-state index contributed by atoms with van der Waals surface area (Å²) in [6.45, 7) is 10.2. The van der Waals surface area contributed by atoms with E-state index in [-0.39, 0.29) is 0 Å². The molecule has 0 amide bonds. The molecule has 0 N–H and O–H groups in total. The van der Waals surface area contributed by atoms with Gasteiger partial charge in [-0.25, -0.2) is 0 Å². The zero-order chi connectivity index (χ0) is 13.7. The van der Waals surface area contributed by atoms with Crippen LogP contribution in [0.2, 0.25) is 0 Å². The molecule has 3 atom stereocenters. The van der Waals surface area contributed by atoms with Crippen LogP contribution in [0.5, 0.6) is 0 Å². The molecule has 4 aliphatic rings. The van der Waals surface area contributed by atoms with E-state index in [1.165, 1.54) is 44.9 Å². The summed E-state index contributed by atoms with van der Waals surface area (Å²) in [4.78, 5) is 0. The minimum Gasteiger partial charge on any atom is -0.0625 e. The van der Waals surface area contributed by atoms with Crippen LogP contribution in [-0.4, -0.2) is 0 Å². The number of fused-ring (bicyclic) bond motifs is 3. The summed E-state index contributed by atoms with van der Waals surface area (Å²) < 4.78 is 0. The molecule has 0 radical (unpaired) electrons. The van der Waals surface area contributed by atoms with Gasteiger partial charge in [0.25, 0.3) is 0 Å². The van der Waals surface area contributed by atoms with E-state index < -0.39 is 0 Å². The Labute approximate surface area is 120 Å². The van der Waals surface area contributed by atoms with E-state index in [0.717, 1.165) is 23.7 Å². The third kappa shape index (κ3) is 2.74. The Kier molecular flexibility index (Phi) is 3.51. The molecule has 0 heteroatoms. The molecule has 19 heavy (non-hydrogen) atoms. The van der Waals surface area contributed by atoms with Crippen molar-refractivity contribution >= 4 is 0 Å². The predicted octanol–water partition coefficient (Wildman–Crippen LogP) is 6.06. The summed E-state index contributed by atoms with van der Waals surface area (Å²) in [6.07, 6.45) is 13.7. The number of hydrogen-bond acceptors (Lipinski definition) is 0. The molecule has 0 aromatic heterocycles. The van der Waals surface area contributed by atoms with Gasteiger partial charge in [-0.2, -0.15) is 0 Å². The third-order valence-corrected chi connectivity index (χ3v) is 7.04. The van der Waals surface area contributed by atoms with Gasteiger partial charge in [0.2, 0.25) is 0 Å². The second-order valence-corrected chi connectivity index (χ2v) is 9.45. The maximum absolute atomic E-state index is 2.58. The topological polar surface area (TPSA) is 0 Å². The first-order valence-corrected chi connectivity index (χ1v) is 8.88. The first-order chi connectivity index (χ1) is 8.88. The second-order valence-electron chi connectivity index (χ2n) is 9.45. The van der Waals surface area contributed by atoms with E-state index in [1.807, 2.05) is 0 Å². The van der Waals surface area contributed by atoms with Crippen LogP contribution in [0.3, 0.4) is 0 Å². The summed E-state index contributed by atoms with van der Waals surface area (Å²) in [7, 11) is 0. The summed E-state index contributed by atoms with van der Waals surface area (Å²) in [6, 6.07) is 0. The Bertz CT molecular complexity index is 318. The maximum atomic E-state index is 2.58. The predicted molar refractivity (Wildman–Crippen MR) is 83.1 cm³/mol. The molecule has 4 aliphatic carbocycles. The lowest BCUT2D eigenvalue weighted by Crippen LogP contribution is -2.49. The maximum Gasteiger partial charge on any atom is -0.0318 e. The first-order valence-electron chi connectivity index (χ1n) is 8.88. The van der Waals surface area contributed by atoms with Gasteiger partial charge in [0, 0.05) is 0 Å². The van der Waals surface area contributed by atoms with Crippen LogP contribution in [-0.2, 0) is 0 Å². The highest BCUT2D eigenvalue weighted by molar-refractivity contribution is 5.02. The SMILES string of the molecule is CC1CCC(CC2CC3(C)CCC2C(C)(C)C3)CC1. The Morgan fingerprint density at radius 2 is 1.63 bits per heavy atom. The molecule has 4 fully saturated rings. The van der Waals surface area contributed by atoms with Crippen LogP contribution in [0, 0.1) is 34.5 Å². The fourth-order valence-corrected chi connectivity index (χ4v) is 6.28. The number of hydrogen-bond donors (Lipinski definition) is 0. The summed E-state index contributed by atoms with van der Waals surface area (Å²) >= 11 is 0. The molecule has 4 rings (SSSR count). The average molecular weight is 262 g/mol. The van der Waals surface area contributed by atoms with Crippen LogP contribution in [0.4, 0.5) is 0 Å². The minimum absolute atomic E-state index is 0.623. The monoisotopic (exact) mass is 262 g/mol. The van der Waals surface area contributed by atoms with E-state index in [9.17, 15) is 0 Å². The van der Waals surface area contributed by atoms with Crippen LogP contribution < -0.4 is 0 Å². The van der Waals surface area contributed by atoms with Gasteiger partial charge in [0.05, 0.1) is 0 Å². The first kappa shape index (κ1) is 14.0. The summed E-state index contributed by atoms with van der Waals surface area (Å²) in [5, 5.41) is 0. The molecule has 0 heterocycles. The van der Waals surface area contributed by atoms with Crippen molar-refractivity contribution in [1.82, 2.24) is 0 Å². The van der Waals surface area contributed by atoms with Crippen molar-refractivity contribution in [3.05, 3.63) is 0 Å². The Morgan fingerprint density at radius 1 is 0.947 bits per heavy atom. The van der Waals surface area contributed by atoms with Crippen molar-refractivity contribution in [3.8, 4) is 0 Å². The highest BCUT2D eigenvalue weighted by Crippen LogP contribution is 2.62. The van der Waals surface area contributed by atoms with E-state index >= 15 is 0 Å². The Hall–Kier alpha value is 0. The normalized spacial score (nSPS) is 49.3. The largest absolute Gasteiger partial charge is 0.0625 e. The highest BCUT2D eigenvalue weighted by atomic mass is 14.6. The van der Waals surface area contributed by atoms with Gasteiger partial charge in [-0.3, -0.25) is 0 Å². The number of rotatable bonds is 2. The fraction of sp³-hybridized carbons (Fsp3) is 1.00. The summed E-state index contributed by atoms with van der Waals surface area (Å²) in [5.74, 6) is 4.17. The van der Waals surface area contributed by atoms with E-state index in [4.69, 9.17) is 0 Å². The molecule has 0 aromatic carbocycles. The lowest BCUT2D eigenvalue weighted by atomic mass is 9.47. The molecule has 3 unspecified atom stereocenters. The minimum atomic E-state index is 0.623. The van der Waals surface area contributed by atoms with Crippen LogP contribution >= 0.6 is 0 Å². The Morgan fingerprint density at radius 3 is 2.21 bits per heavy atom. The van der Waals surface area contributed by atoms with Crippen molar-refractivity contribution in [2.75, 3.05) is 0 Å². The lowest BCUT2D eigenvalue weighted by Gasteiger charge is -2.58. The molecule has 0 nitrogen and oxygen atoms in total. The van der Waals surface area contributed by atoms with Crippen molar-refractivity contribution in [3.63, 3.8) is 0 Å². The zero-order valence-electron chi connectivity index (χ0n) is 13.7. The van der Waals surface area contributed by atoms with Crippen molar-refractivity contribution in [2.45, 2.75) is 85.5 Å². The van der Waals surface area contributed by atoms with Crippen molar-refractivity contribution in [2.24, 2.45) is 34.5 Å². The van der Waals surface area contributed by atoms with Gasteiger partial charge >= 0.3 is 0 Å². The van der Waals surface area contributed by atoms with Gasteiger partial charge < -0.3 is 0 Å². The molecule has 0 saturated heterocycles. The summed E-state index contributed by atoms with van der Waals surface area (Å²) in [5.41, 5.74) is 1.31. The average Bonchev–Trinajstić information content (AvgIpc) is 2.29. The van der Waals surface area contributed by atoms with Gasteiger partial charge in [0.1, 0.15) is 0 Å². The molecule has 0 aliphatic heterocycles. The molecule has 2 bridgehead atoms. The van der Waals surface area contributed by atoms with E-state index in [2.05, 4.69) is 27.7 Å². The van der Waals surface area contributed by atoms with Crippen LogP contribution in [0.25, 0.3) is 0 Å². The highest BCUT2D eigenvalue weighted by Gasteiger charge is 2.52. The van der Waals surface area contributed by atoms with Gasteiger partial charge in [-0.15, -0.1) is 0 Å². The zero-order valence-corrected chi connectivity index (χ0v) is 13.7. The van der Waals surface area contributed by atoms with Gasteiger partial charge in [0.15, 0.2) is 0 Å². The van der Waals surface area contributed by atoms with E-state index in [1.54, 1.807) is 12.8 Å². The molecular weight excluding hydrogens is 228 g/mol. The molecule has 4 saturated carbocycles. The van der Waals surface area contributed by atoms with Crippen molar-refractivity contribution in [1.29, 1.82) is 0 Å². The van der Waals surface area contributed by atoms with Gasteiger partial charge in [-0.05, 0) is 66.6 Å². The van der Waals surface area contributed by atoms with Crippen molar-refractivity contribution < 1.29 is 0 Å². The van der Waals surface area contributed by atoms with Crippen LogP contribution in [0.1, 0.15) is 85.5 Å². The Balaban J connectivity index is 1.65. The third-order valence-electron chi connectivity index (χ3n) is 7.04. The fourth-order valence-electron chi connectivity index (χ4n) is 6.28. The molecule has 0 aromatic rings. The quantitative estimate of drug-likeness (QED) is 0.568. The smallest absolute Gasteiger partial charge is 0.0318 e. The van der Waals surface area contributed by atoms with Crippen LogP contribution in [0.15, 0.2) is 0 Å². The lowest BCUT2D eigenvalue weighted by molar-refractivity contribution is -0.0816. The van der Waals surface area contributed by atoms with E-state index in [0.29, 0.717) is 10.8 Å². The van der Waals surface area contributed by atoms with Gasteiger partial charge in [-0.1, -0.05) is 53.4 Å². The second kappa shape index (κ2) is 4.78.